The lowest BCUT2D eigenvalue weighted by Gasteiger charge is -2.36. The van der Waals surface area contributed by atoms with Crippen LogP contribution in [0.25, 0.3) is 0 Å². The highest BCUT2D eigenvalue weighted by atomic mass is 16.3. The van der Waals surface area contributed by atoms with Crippen LogP contribution in [-0.2, 0) is 19.4 Å². The van der Waals surface area contributed by atoms with Crippen molar-refractivity contribution >= 4 is 11.8 Å². The highest BCUT2D eigenvalue weighted by Crippen LogP contribution is 2.28. The third-order valence-corrected chi connectivity index (χ3v) is 4.32. The average molecular weight is 312 g/mol. The van der Waals surface area contributed by atoms with Crippen LogP contribution < -0.4 is 10.2 Å². The van der Waals surface area contributed by atoms with E-state index in [2.05, 4.69) is 64.4 Å². The summed E-state index contributed by atoms with van der Waals surface area (Å²) in [4.78, 5) is 11.5. The lowest BCUT2D eigenvalue weighted by molar-refractivity contribution is 0.311. The molecule has 0 saturated heterocycles. The van der Waals surface area contributed by atoms with E-state index in [9.17, 15) is 0 Å². The van der Waals surface area contributed by atoms with Crippen LogP contribution in [0.15, 0.2) is 30.3 Å². The number of rotatable bonds is 5. The van der Waals surface area contributed by atoms with Crippen LogP contribution in [0.5, 0.6) is 0 Å². The topological polar surface area (TPSA) is 61.3 Å². The predicted molar refractivity (Wildman–Crippen MR) is 92.8 cm³/mol. The summed E-state index contributed by atoms with van der Waals surface area (Å²) in [5.41, 5.74) is 3.81. The zero-order valence-corrected chi connectivity index (χ0v) is 13.8. The van der Waals surface area contributed by atoms with Crippen LogP contribution in [0.2, 0.25) is 0 Å². The molecule has 0 radical (unpaired) electrons. The van der Waals surface area contributed by atoms with Gasteiger partial charge in [0.05, 0.1) is 6.61 Å². The van der Waals surface area contributed by atoms with Gasteiger partial charge in [0, 0.05) is 30.9 Å². The molecule has 5 heteroatoms. The SMILES string of the molecule is CCc1cc(N2Cc3ccccc3C[C@H]2C)nc(NCCO)n1. The van der Waals surface area contributed by atoms with E-state index in [0.29, 0.717) is 18.5 Å². The summed E-state index contributed by atoms with van der Waals surface area (Å²) in [6.07, 6.45) is 1.89. The molecule has 1 aromatic heterocycles. The van der Waals surface area contributed by atoms with E-state index in [4.69, 9.17) is 5.11 Å². The molecule has 0 bridgehead atoms. The number of hydrogen-bond acceptors (Lipinski definition) is 5. The summed E-state index contributed by atoms with van der Waals surface area (Å²) < 4.78 is 0. The molecule has 0 aliphatic carbocycles. The molecule has 23 heavy (non-hydrogen) atoms. The molecular formula is C18H24N4O. The first kappa shape index (κ1) is 15.7. The molecule has 0 amide bonds. The summed E-state index contributed by atoms with van der Waals surface area (Å²) in [7, 11) is 0. The summed E-state index contributed by atoms with van der Waals surface area (Å²) in [5, 5.41) is 12.1. The largest absolute Gasteiger partial charge is 0.395 e. The molecule has 0 unspecified atom stereocenters. The molecular weight excluding hydrogens is 288 g/mol. The van der Waals surface area contributed by atoms with Crippen LogP contribution in [0.4, 0.5) is 11.8 Å². The highest BCUT2D eigenvalue weighted by molar-refractivity contribution is 5.49. The first-order valence-electron chi connectivity index (χ1n) is 8.27. The Bertz CT molecular complexity index is 674. The number of hydrogen-bond donors (Lipinski definition) is 2. The molecule has 1 aliphatic rings. The predicted octanol–water partition coefficient (Wildman–Crippen LogP) is 2.39. The molecule has 2 heterocycles. The smallest absolute Gasteiger partial charge is 0.224 e. The Labute approximate surface area is 137 Å². The summed E-state index contributed by atoms with van der Waals surface area (Å²) >= 11 is 0. The van der Waals surface area contributed by atoms with Gasteiger partial charge in [0.25, 0.3) is 0 Å². The maximum Gasteiger partial charge on any atom is 0.224 e. The summed E-state index contributed by atoms with van der Waals surface area (Å²) in [6, 6.07) is 11.1. The zero-order valence-electron chi connectivity index (χ0n) is 13.8. The second-order valence-electron chi connectivity index (χ2n) is 5.99. The first-order valence-corrected chi connectivity index (χ1v) is 8.27. The van der Waals surface area contributed by atoms with Crippen LogP contribution in [0.1, 0.15) is 30.7 Å². The third kappa shape index (κ3) is 3.45. The van der Waals surface area contributed by atoms with Crippen molar-refractivity contribution in [3.63, 3.8) is 0 Å². The standard InChI is InChI=1S/C18H24N4O/c1-3-16-11-17(21-18(20-16)19-8-9-23)22-12-15-7-5-4-6-14(15)10-13(22)2/h4-7,11,13,23H,3,8-10,12H2,1-2H3,(H,19,20,21)/t13-/m1/s1. The number of aromatic nitrogens is 2. The number of aliphatic hydroxyl groups excluding tert-OH is 1. The molecule has 2 aromatic rings. The quantitative estimate of drug-likeness (QED) is 0.888. The molecule has 3 rings (SSSR count). The van der Waals surface area contributed by atoms with Gasteiger partial charge in [-0.2, -0.15) is 4.98 Å². The van der Waals surface area contributed by atoms with Gasteiger partial charge in [-0.25, -0.2) is 4.98 Å². The maximum atomic E-state index is 8.99. The monoisotopic (exact) mass is 312 g/mol. The van der Waals surface area contributed by atoms with Gasteiger partial charge in [-0.1, -0.05) is 31.2 Å². The Hall–Kier alpha value is -2.14. The molecule has 1 atom stereocenters. The lowest BCUT2D eigenvalue weighted by atomic mass is 9.95. The van der Waals surface area contributed by atoms with Gasteiger partial charge >= 0.3 is 0 Å². The molecule has 0 spiro atoms. The molecule has 1 aliphatic heterocycles. The van der Waals surface area contributed by atoms with E-state index in [1.807, 2.05) is 0 Å². The zero-order chi connectivity index (χ0) is 16.2. The fourth-order valence-corrected chi connectivity index (χ4v) is 3.04. The Morgan fingerprint density at radius 3 is 2.78 bits per heavy atom. The van der Waals surface area contributed by atoms with Crippen molar-refractivity contribution in [2.24, 2.45) is 0 Å². The Morgan fingerprint density at radius 1 is 1.26 bits per heavy atom. The first-order chi connectivity index (χ1) is 11.2. The summed E-state index contributed by atoms with van der Waals surface area (Å²) in [6.45, 7) is 5.74. The lowest BCUT2D eigenvalue weighted by Crippen LogP contribution is -2.39. The van der Waals surface area contributed by atoms with Crippen molar-refractivity contribution in [3.05, 3.63) is 47.2 Å². The number of nitrogens with one attached hydrogen (secondary N) is 1. The minimum Gasteiger partial charge on any atom is -0.395 e. The van der Waals surface area contributed by atoms with Crippen molar-refractivity contribution in [1.82, 2.24) is 9.97 Å². The van der Waals surface area contributed by atoms with Crippen molar-refractivity contribution < 1.29 is 5.11 Å². The number of fused-ring (bicyclic) bond motifs is 1. The van der Waals surface area contributed by atoms with Crippen molar-refractivity contribution in [2.75, 3.05) is 23.4 Å². The van der Waals surface area contributed by atoms with Gasteiger partial charge in [-0.15, -0.1) is 0 Å². The van der Waals surface area contributed by atoms with Crippen molar-refractivity contribution in [2.45, 2.75) is 39.3 Å². The van der Waals surface area contributed by atoms with Gasteiger partial charge in [-0.3, -0.25) is 0 Å². The third-order valence-electron chi connectivity index (χ3n) is 4.32. The minimum atomic E-state index is 0.0720. The normalized spacial score (nSPS) is 17.0. The van der Waals surface area contributed by atoms with Gasteiger partial charge in [0.1, 0.15) is 5.82 Å². The maximum absolute atomic E-state index is 8.99. The van der Waals surface area contributed by atoms with Crippen LogP contribution in [-0.4, -0.2) is 34.3 Å². The van der Waals surface area contributed by atoms with Crippen LogP contribution in [0, 0.1) is 0 Å². The molecule has 122 valence electrons. The fourth-order valence-electron chi connectivity index (χ4n) is 3.04. The number of nitrogens with zero attached hydrogens (tertiary/aromatic N) is 3. The van der Waals surface area contributed by atoms with E-state index < -0.39 is 0 Å². The average Bonchev–Trinajstić information content (AvgIpc) is 2.59. The molecule has 0 fully saturated rings. The van der Waals surface area contributed by atoms with Crippen LogP contribution >= 0.6 is 0 Å². The summed E-state index contributed by atoms with van der Waals surface area (Å²) in [5.74, 6) is 1.55. The van der Waals surface area contributed by atoms with Gasteiger partial charge in [0.15, 0.2) is 0 Å². The number of aryl methyl sites for hydroxylation is 1. The Morgan fingerprint density at radius 2 is 2.04 bits per heavy atom. The Balaban J connectivity index is 1.91. The molecule has 2 N–H and O–H groups in total. The van der Waals surface area contributed by atoms with Gasteiger partial charge < -0.3 is 15.3 Å². The van der Waals surface area contributed by atoms with E-state index in [-0.39, 0.29) is 6.61 Å². The van der Waals surface area contributed by atoms with Crippen LogP contribution in [0.3, 0.4) is 0 Å². The molecule has 1 aromatic carbocycles. The van der Waals surface area contributed by atoms with E-state index in [1.165, 1.54) is 11.1 Å². The molecule has 0 saturated carbocycles. The second-order valence-corrected chi connectivity index (χ2v) is 5.99. The Kier molecular flexibility index (Phi) is 4.76. The fraction of sp³-hybridized carbons (Fsp3) is 0.444. The van der Waals surface area contributed by atoms with Crippen molar-refractivity contribution in [3.8, 4) is 0 Å². The van der Waals surface area contributed by atoms with E-state index in [0.717, 1.165) is 30.9 Å². The number of benzene rings is 1. The van der Waals surface area contributed by atoms with Gasteiger partial charge in [-0.05, 0) is 30.9 Å². The van der Waals surface area contributed by atoms with Gasteiger partial charge in [0.2, 0.25) is 5.95 Å². The molecule has 5 nitrogen and oxygen atoms in total. The number of anilines is 2. The number of aliphatic hydroxyl groups is 1. The van der Waals surface area contributed by atoms with E-state index >= 15 is 0 Å². The second kappa shape index (κ2) is 6.96. The minimum absolute atomic E-state index is 0.0720. The van der Waals surface area contributed by atoms with E-state index in [1.54, 1.807) is 0 Å². The van der Waals surface area contributed by atoms with Crippen molar-refractivity contribution in [1.29, 1.82) is 0 Å². The highest BCUT2D eigenvalue weighted by Gasteiger charge is 2.24.